The molecular weight excluding hydrogens is 224 g/mol. The average molecular weight is 235 g/mol. The van der Waals surface area contributed by atoms with Crippen LogP contribution in [-0.4, -0.2) is 9.97 Å². The normalized spacial score (nSPS) is 10.1. The predicted octanol–water partition coefficient (Wildman–Crippen LogP) is 2.76. The summed E-state index contributed by atoms with van der Waals surface area (Å²) in [6.45, 7) is 1.98. The first kappa shape index (κ1) is 10.7. The summed E-state index contributed by atoms with van der Waals surface area (Å²) in [5, 5.41) is 3.64. The quantitative estimate of drug-likeness (QED) is 0.839. The molecule has 0 fully saturated rings. The van der Waals surface area contributed by atoms with Gasteiger partial charge in [0.2, 0.25) is 5.95 Å². The minimum atomic E-state index is 0.417. The van der Waals surface area contributed by atoms with Crippen molar-refractivity contribution in [1.82, 2.24) is 9.97 Å². The summed E-state index contributed by atoms with van der Waals surface area (Å²) >= 11 is 6.07. The van der Waals surface area contributed by atoms with E-state index in [-0.39, 0.29) is 0 Å². The Morgan fingerprint density at radius 1 is 1.31 bits per heavy atom. The Morgan fingerprint density at radius 3 is 2.81 bits per heavy atom. The number of nitrogens with one attached hydrogen (secondary N) is 1. The first-order chi connectivity index (χ1) is 7.65. The number of aryl methyl sites for hydroxylation is 1. The summed E-state index contributed by atoms with van der Waals surface area (Å²) in [7, 11) is 0. The summed E-state index contributed by atoms with van der Waals surface area (Å²) in [5.74, 6) is 0.853. The van der Waals surface area contributed by atoms with E-state index in [9.17, 15) is 0 Å². The molecule has 0 unspecified atom stereocenters. The van der Waals surface area contributed by atoms with Crippen LogP contribution in [0.4, 0.5) is 17.5 Å². The van der Waals surface area contributed by atoms with Crippen LogP contribution in [0, 0.1) is 6.92 Å². The molecule has 0 amide bonds. The lowest BCUT2D eigenvalue weighted by molar-refractivity contribution is 1.17. The monoisotopic (exact) mass is 234 g/mol. The molecule has 1 aromatic heterocycles. The fourth-order valence-electron chi connectivity index (χ4n) is 1.27. The highest BCUT2D eigenvalue weighted by Gasteiger charge is 2.02. The maximum atomic E-state index is 6.07. The Kier molecular flexibility index (Phi) is 2.92. The molecule has 1 aromatic carbocycles. The smallest absolute Gasteiger partial charge is 0.229 e. The number of hydrogen-bond donors (Lipinski definition) is 2. The van der Waals surface area contributed by atoms with E-state index in [1.54, 1.807) is 12.3 Å². The zero-order valence-electron chi connectivity index (χ0n) is 8.74. The molecule has 1 heterocycles. The van der Waals surface area contributed by atoms with Crippen molar-refractivity contribution in [3.05, 3.63) is 41.0 Å². The number of aromatic nitrogens is 2. The molecule has 0 saturated heterocycles. The molecule has 3 N–H and O–H groups in total. The van der Waals surface area contributed by atoms with Crippen LogP contribution >= 0.6 is 11.6 Å². The van der Waals surface area contributed by atoms with E-state index in [0.717, 1.165) is 11.3 Å². The Morgan fingerprint density at radius 2 is 2.12 bits per heavy atom. The molecule has 0 spiro atoms. The van der Waals surface area contributed by atoms with E-state index in [2.05, 4.69) is 15.3 Å². The lowest BCUT2D eigenvalue weighted by atomic mass is 10.2. The number of nitrogens with zero attached hydrogens (tertiary/aromatic N) is 2. The SMILES string of the molecule is Cc1ccc(Nc2nccc(N)n2)c(Cl)c1. The number of rotatable bonds is 2. The van der Waals surface area contributed by atoms with Gasteiger partial charge >= 0.3 is 0 Å². The van der Waals surface area contributed by atoms with Crippen molar-refractivity contribution in [3.8, 4) is 0 Å². The lowest BCUT2D eigenvalue weighted by Gasteiger charge is -2.07. The van der Waals surface area contributed by atoms with Crippen LogP contribution in [-0.2, 0) is 0 Å². The Hall–Kier alpha value is -1.81. The third kappa shape index (κ3) is 2.41. The van der Waals surface area contributed by atoms with Gasteiger partial charge in [0, 0.05) is 6.20 Å². The van der Waals surface area contributed by atoms with E-state index in [4.69, 9.17) is 17.3 Å². The topological polar surface area (TPSA) is 63.8 Å². The second-order valence-corrected chi connectivity index (χ2v) is 3.82. The highest BCUT2D eigenvalue weighted by Crippen LogP contribution is 2.24. The number of nitrogens with two attached hydrogens (primary N) is 1. The van der Waals surface area contributed by atoms with Crippen molar-refractivity contribution in [2.75, 3.05) is 11.1 Å². The molecule has 4 nitrogen and oxygen atoms in total. The van der Waals surface area contributed by atoms with Crippen molar-refractivity contribution < 1.29 is 0 Å². The fraction of sp³-hybridized carbons (Fsp3) is 0.0909. The summed E-state index contributed by atoms with van der Waals surface area (Å²) in [6.07, 6.45) is 1.59. The first-order valence-electron chi connectivity index (χ1n) is 4.77. The lowest BCUT2D eigenvalue weighted by Crippen LogP contribution is -1.99. The van der Waals surface area contributed by atoms with Crippen molar-refractivity contribution in [2.45, 2.75) is 6.92 Å². The van der Waals surface area contributed by atoms with E-state index >= 15 is 0 Å². The van der Waals surface area contributed by atoms with Crippen LogP contribution in [0.1, 0.15) is 5.56 Å². The Bertz CT molecular complexity index is 513. The number of anilines is 3. The van der Waals surface area contributed by atoms with Gasteiger partial charge in [-0.25, -0.2) is 4.98 Å². The van der Waals surface area contributed by atoms with Gasteiger partial charge in [-0.3, -0.25) is 0 Å². The van der Waals surface area contributed by atoms with Crippen LogP contribution in [0.5, 0.6) is 0 Å². The predicted molar refractivity (Wildman–Crippen MR) is 65.9 cm³/mol. The molecule has 2 rings (SSSR count). The largest absolute Gasteiger partial charge is 0.384 e. The fourth-order valence-corrected chi connectivity index (χ4v) is 1.56. The van der Waals surface area contributed by atoms with Gasteiger partial charge in [-0.2, -0.15) is 4.98 Å². The van der Waals surface area contributed by atoms with Gasteiger partial charge in [0.15, 0.2) is 0 Å². The van der Waals surface area contributed by atoms with Crippen LogP contribution < -0.4 is 11.1 Å². The van der Waals surface area contributed by atoms with E-state index in [0.29, 0.717) is 16.8 Å². The van der Waals surface area contributed by atoms with Gasteiger partial charge in [-0.15, -0.1) is 0 Å². The third-order valence-electron chi connectivity index (χ3n) is 2.05. The van der Waals surface area contributed by atoms with Crippen molar-refractivity contribution >= 4 is 29.1 Å². The van der Waals surface area contributed by atoms with Crippen molar-refractivity contribution in [2.24, 2.45) is 0 Å². The number of nitrogen functional groups attached to an aromatic ring is 1. The summed E-state index contributed by atoms with van der Waals surface area (Å²) in [5.41, 5.74) is 7.41. The molecule has 16 heavy (non-hydrogen) atoms. The third-order valence-corrected chi connectivity index (χ3v) is 2.36. The zero-order chi connectivity index (χ0) is 11.5. The van der Waals surface area contributed by atoms with Crippen LogP contribution in [0.15, 0.2) is 30.5 Å². The molecule has 0 aliphatic heterocycles. The van der Waals surface area contributed by atoms with Gasteiger partial charge in [0.05, 0.1) is 10.7 Å². The molecular formula is C11H11ClN4. The van der Waals surface area contributed by atoms with Crippen LogP contribution in [0.2, 0.25) is 5.02 Å². The summed E-state index contributed by atoms with van der Waals surface area (Å²) in [6, 6.07) is 7.34. The molecule has 0 aliphatic rings. The van der Waals surface area contributed by atoms with E-state index in [1.165, 1.54) is 0 Å². The molecule has 5 heteroatoms. The maximum absolute atomic E-state index is 6.07. The molecule has 82 valence electrons. The highest BCUT2D eigenvalue weighted by atomic mass is 35.5. The second kappa shape index (κ2) is 4.37. The minimum Gasteiger partial charge on any atom is -0.384 e. The van der Waals surface area contributed by atoms with Crippen LogP contribution in [0.25, 0.3) is 0 Å². The van der Waals surface area contributed by atoms with E-state index < -0.39 is 0 Å². The Labute approximate surface area is 98.5 Å². The van der Waals surface area contributed by atoms with Gasteiger partial charge in [-0.1, -0.05) is 17.7 Å². The van der Waals surface area contributed by atoms with Gasteiger partial charge in [0.25, 0.3) is 0 Å². The number of hydrogen-bond acceptors (Lipinski definition) is 4. The van der Waals surface area contributed by atoms with Crippen molar-refractivity contribution in [1.29, 1.82) is 0 Å². The van der Waals surface area contributed by atoms with Crippen molar-refractivity contribution in [3.63, 3.8) is 0 Å². The molecule has 0 aliphatic carbocycles. The van der Waals surface area contributed by atoms with Gasteiger partial charge in [-0.05, 0) is 30.7 Å². The van der Waals surface area contributed by atoms with Crippen LogP contribution in [0.3, 0.4) is 0 Å². The second-order valence-electron chi connectivity index (χ2n) is 3.41. The first-order valence-corrected chi connectivity index (χ1v) is 5.14. The van der Waals surface area contributed by atoms with Gasteiger partial charge in [0.1, 0.15) is 5.82 Å². The van der Waals surface area contributed by atoms with E-state index in [1.807, 2.05) is 25.1 Å². The standard InChI is InChI=1S/C11H11ClN4/c1-7-2-3-9(8(12)6-7)15-11-14-5-4-10(13)16-11/h2-6H,1H3,(H3,13,14,15,16). The van der Waals surface area contributed by atoms with Gasteiger partial charge < -0.3 is 11.1 Å². The zero-order valence-corrected chi connectivity index (χ0v) is 9.49. The average Bonchev–Trinajstić information content (AvgIpc) is 2.22. The summed E-state index contributed by atoms with van der Waals surface area (Å²) in [4.78, 5) is 8.07. The molecule has 0 atom stereocenters. The molecule has 2 aromatic rings. The minimum absolute atomic E-state index is 0.417. The maximum Gasteiger partial charge on any atom is 0.229 e. The molecule has 0 radical (unpaired) electrons. The molecule has 0 bridgehead atoms. The summed E-state index contributed by atoms with van der Waals surface area (Å²) < 4.78 is 0. The molecule has 0 saturated carbocycles. The highest BCUT2D eigenvalue weighted by molar-refractivity contribution is 6.33. The number of benzene rings is 1. The number of halogens is 1. The Balaban J connectivity index is 2.27.